The number of carbonyl (C=O) groups is 1. The highest BCUT2D eigenvalue weighted by Crippen LogP contribution is 2.42. The second kappa shape index (κ2) is 7.77. The molecule has 0 aliphatic rings. The average molecular weight is 448 g/mol. The van der Waals surface area contributed by atoms with E-state index in [-0.39, 0.29) is 16.1 Å². The van der Waals surface area contributed by atoms with E-state index in [1.54, 1.807) is 27.7 Å². The Hall–Kier alpha value is -2.84. The van der Waals surface area contributed by atoms with Crippen molar-refractivity contribution in [2.75, 3.05) is 0 Å². The number of hydrogen-bond acceptors (Lipinski definition) is 3. The maximum Gasteiger partial charge on any atom is 0.335 e. The molecule has 0 amide bonds. The van der Waals surface area contributed by atoms with E-state index < -0.39 is 17.6 Å². The first-order valence-corrected chi connectivity index (χ1v) is 10.2. The van der Waals surface area contributed by atoms with E-state index in [2.05, 4.69) is 5.10 Å². The van der Waals surface area contributed by atoms with Crippen LogP contribution in [0, 0.1) is 18.6 Å². The van der Waals surface area contributed by atoms with E-state index >= 15 is 4.39 Å². The zero-order valence-corrected chi connectivity index (χ0v) is 17.6. The first kappa shape index (κ1) is 20.4. The van der Waals surface area contributed by atoms with Crippen LogP contribution in [0.5, 0.6) is 0 Å². The highest BCUT2D eigenvalue weighted by molar-refractivity contribution is 7.99. The Morgan fingerprint density at radius 2 is 2.03 bits per heavy atom. The number of carboxylic acids is 1. The van der Waals surface area contributed by atoms with Gasteiger partial charge >= 0.3 is 5.97 Å². The van der Waals surface area contributed by atoms with Crippen molar-refractivity contribution in [3.05, 3.63) is 70.6 Å². The van der Waals surface area contributed by atoms with Crippen LogP contribution in [-0.2, 0) is 6.54 Å². The van der Waals surface area contributed by atoms with Crippen LogP contribution in [-0.4, -0.2) is 25.4 Å². The monoisotopic (exact) mass is 447 g/mol. The van der Waals surface area contributed by atoms with Gasteiger partial charge in [-0.2, -0.15) is 5.10 Å². The van der Waals surface area contributed by atoms with Crippen molar-refractivity contribution >= 4 is 40.2 Å². The number of halogens is 3. The predicted octanol–water partition coefficient (Wildman–Crippen LogP) is 5.94. The second-order valence-electron chi connectivity index (χ2n) is 6.64. The number of rotatable bonds is 5. The molecule has 0 unspecified atom stereocenters. The molecule has 5 nitrogen and oxygen atoms in total. The van der Waals surface area contributed by atoms with Gasteiger partial charge in [0.05, 0.1) is 28.0 Å². The Morgan fingerprint density at radius 3 is 2.70 bits per heavy atom. The van der Waals surface area contributed by atoms with Gasteiger partial charge < -0.3 is 9.67 Å². The molecule has 0 atom stereocenters. The van der Waals surface area contributed by atoms with Gasteiger partial charge in [-0.3, -0.25) is 4.68 Å². The van der Waals surface area contributed by atoms with Gasteiger partial charge in [-0.25, -0.2) is 13.6 Å². The van der Waals surface area contributed by atoms with Crippen molar-refractivity contribution in [1.82, 2.24) is 14.3 Å². The molecule has 4 rings (SSSR count). The van der Waals surface area contributed by atoms with Crippen LogP contribution in [0.1, 0.15) is 23.0 Å². The molecule has 0 spiro atoms. The number of nitrogens with zero attached hydrogens (tertiary/aromatic N) is 3. The maximum absolute atomic E-state index is 15.1. The Bertz CT molecular complexity index is 1300. The van der Waals surface area contributed by atoms with Crippen LogP contribution in [0.15, 0.2) is 52.5 Å². The highest BCUT2D eigenvalue weighted by atomic mass is 35.5. The van der Waals surface area contributed by atoms with Gasteiger partial charge in [0.1, 0.15) is 5.82 Å². The standard InChI is InChI=1S/C21H16ClF2N3O2S/c1-3-26-10-14(9-25-26)27-11(2)20(16-4-5-17(22)18(24)19(16)27)30-15-7-12(21(28)29)6-13(23)8-15/h4-10H,3H2,1-2H3,(H,28,29). The van der Waals surface area contributed by atoms with Gasteiger partial charge in [-0.05, 0) is 44.2 Å². The largest absolute Gasteiger partial charge is 0.478 e. The molecule has 0 aliphatic carbocycles. The van der Waals surface area contributed by atoms with Crippen molar-refractivity contribution in [3.63, 3.8) is 0 Å². The summed E-state index contributed by atoms with van der Waals surface area (Å²) in [5, 5.41) is 14.1. The van der Waals surface area contributed by atoms with E-state index in [1.807, 2.05) is 13.8 Å². The fourth-order valence-electron chi connectivity index (χ4n) is 3.36. The predicted molar refractivity (Wildman–Crippen MR) is 112 cm³/mol. The summed E-state index contributed by atoms with van der Waals surface area (Å²) in [6, 6.07) is 6.77. The van der Waals surface area contributed by atoms with Crippen molar-refractivity contribution in [2.24, 2.45) is 0 Å². The molecular formula is C21H16ClF2N3O2S. The molecule has 154 valence electrons. The molecular weight excluding hydrogens is 432 g/mol. The third-order valence-electron chi connectivity index (χ3n) is 4.74. The SMILES string of the molecule is CCn1cc(-n2c(C)c(Sc3cc(F)cc(C(=O)O)c3)c3ccc(Cl)c(F)c32)cn1. The summed E-state index contributed by atoms with van der Waals surface area (Å²) in [4.78, 5) is 12.4. The minimum atomic E-state index is -1.22. The maximum atomic E-state index is 15.1. The van der Waals surface area contributed by atoms with E-state index in [9.17, 15) is 14.3 Å². The van der Waals surface area contributed by atoms with Crippen molar-refractivity contribution < 1.29 is 18.7 Å². The molecule has 2 heterocycles. The number of aromatic nitrogens is 3. The van der Waals surface area contributed by atoms with Crippen LogP contribution < -0.4 is 0 Å². The summed E-state index contributed by atoms with van der Waals surface area (Å²) < 4.78 is 32.5. The van der Waals surface area contributed by atoms with Gasteiger partial charge in [0, 0.05) is 33.6 Å². The Balaban J connectivity index is 1.94. The number of hydrogen-bond donors (Lipinski definition) is 1. The molecule has 0 fully saturated rings. The van der Waals surface area contributed by atoms with E-state index in [1.165, 1.54) is 30.0 Å². The quantitative estimate of drug-likeness (QED) is 0.411. The van der Waals surface area contributed by atoms with E-state index in [0.29, 0.717) is 33.1 Å². The number of fused-ring (bicyclic) bond motifs is 1. The van der Waals surface area contributed by atoms with Gasteiger partial charge in [0.25, 0.3) is 0 Å². The molecule has 2 aromatic heterocycles. The molecule has 0 radical (unpaired) electrons. The van der Waals surface area contributed by atoms with Crippen molar-refractivity contribution in [2.45, 2.75) is 30.2 Å². The third-order valence-corrected chi connectivity index (χ3v) is 6.22. The van der Waals surface area contributed by atoms with Crippen molar-refractivity contribution in [1.29, 1.82) is 0 Å². The molecule has 4 aromatic rings. The fourth-order valence-corrected chi connectivity index (χ4v) is 4.62. The van der Waals surface area contributed by atoms with Gasteiger partial charge in [-0.1, -0.05) is 23.4 Å². The number of aromatic carboxylic acids is 1. The Morgan fingerprint density at radius 1 is 1.27 bits per heavy atom. The summed E-state index contributed by atoms with van der Waals surface area (Å²) >= 11 is 7.22. The number of aryl methyl sites for hydroxylation is 1. The average Bonchev–Trinajstić information content (AvgIpc) is 3.28. The van der Waals surface area contributed by atoms with Crippen molar-refractivity contribution in [3.8, 4) is 5.69 Å². The summed E-state index contributed by atoms with van der Waals surface area (Å²) in [6.07, 6.45) is 3.43. The smallest absolute Gasteiger partial charge is 0.335 e. The Labute approximate surface area is 179 Å². The zero-order valence-electron chi connectivity index (χ0n) is 16.0. The first-order valence-electron chi connectivity index (χ1n) is 9.03. The molecule has 0 aliphatic heterocycles. The fraction of sp³-hybridized carbons (Fsp3) is 0.143. The van der Waals surface area contributed by atoms with Gasteiger partial charge in [0.2, 0.25) is 0 Å². The second-order valence-corrected chi connectivity index (χ2v) is 8.14. The van der Waals surface area contributed by atoms with Crippen LogP contribution in [0.4, 0.5) is 8.78 Å². The molecule has 2 aromatic carbocycles. The molecule has 9 heteroatoms. The lowest BCUT2D eigenvalue weighted by Gasteiger charge is -2.07. The van der Waals surface area contributed by atoms with Crippen LogP contribution in [0.25, 0.3) is 16.6 Å². The lowest BCUT2D eigenvalue weighted by molar-refractivity contribution is 0.0696. The lowest BCUT2D eigenvalue weighted by Crippen LogP contribution is -1.98. The summed E-state index contributed by atoms with van der Waals surface area (Å²) in [5.41, 5.74) is 1.50. The van der Waals surface area contributed by atoms with Crippen LogP contribution in [0.3, 0.4) is 0 Å². The highest BCUT2D eigenvalue weighted by Gasteiger charge is 2.22. The summed E-state index contributed by atoms with van der Waals surface area (Å²) in [7, 11) is 0. The Kier molecular flexibility index (Phi) is 5.29. The lowest BCUT2D eigenvalue weighted by atomic mass is 10.2. The molecule has 0 saturated heterocycles. The van der Waals surface area contributed by atoms with E-state index in [0.717, 1.165) is 6.07 Å². The minimum absolute atomic E-state index is 0.0143. The summed E-state index contributed by atoms with van der Waals surface area (Å²) in [5.74, 6) is -2.45. The van der Waals surface area contributed by atoms with E-state index in [4.69, 9.17) is 11.6 Å². The normalized spacial score (nSPS) is 11.4. The number of carboxylic acid groups (broad SMARTS) is 1. The third kappa shape index (κ3) is 3.46. The number of benzene rings is 2. The molecule has 0 bridgehead atoms. The first-order chi connectivity index (χ1) is 14.3. The molecule has 30 heavy (non-hydrogen) atoms. The topological polar surface area (TPSA) is 60.0 Å². The van der Waals surface area contributed by atoms with Crippen LogP contribution in [0.2, 0.25) is 5.02 Å². The van der Waals surface area contributed by atoms with Gasteiger partial charge in [-0.15, -0.1) is 0 Å². The van der Waals surface area contributed by atoms with Crippen LogP contribution >= 0.6 is 23.4 Å². The molecule has 1 N–H and O–H groups in total. The van der Waals surface area contributed by atoms with Gasteiger partial charge in [0.15, 0.2) is 5.82 Å². The minimum Gasteiger partial charge on any atom is -0.478 e. The zero-order chi connectivity index (χ0) is 21.6. The molecule has 0 saturated carbocycles. The summed E-state index contributed by atoms with van der Waals surface area (Å²) in [6.45, 7) is 4.42.